The molecule has 1 heterocycles. The minimum atomic E-state index is -0.208. The van der Waals surface area contributed by atoms with E-state index in [0.29, 0.717) is 10.9 Å². The number of hydrogen-bond acceptors (Lipinski definition) is 2. The van der Waals surface area contributed by atoms with Crippen LogP contribution in [-0.4, -0.2) is 9.55 Å². The van der Waals surface area contributed by atoms with Crippen molar-refractivity contribution in [3.05, 3.63) is 89.5 Å². The molecule has 2 aromatic carbocycles. The Morgan fingerprint density at radius 1 is 1.05 bits per heavy atom. The Morgan fingerprint density at radius 2 is 1.75 bits per heavy atom. The summed E-state index contributed by atoms with van der Waals surface area (Å²) < 4.78 is 1.62. The largest absolute Gasteiger partial charge is 0.288 e. The predicted octanol–water partition coefficient (Wildman–Crippen LogP) is 3.17. The minimum Gasteiger partial charge on any atom is -0.288 e. The second-order valence-corrected chi connectivity index (χ2v) is 4.57. The first kappa shape index (κ1) is 12.4. The quantitative estimate of drug-likeness (QED) is 0.679. The van der Waals surface area contributed by atoms with Gasteiger partial charge in [-0.25, -0.2) is 4.98 Å². The zero-order valence-corrected chi connectivity index (χ0v) is 10.9. The summed E-state index contributed by atoms with van der Waals surface area (Å²) >= 11 is 0. The van der Waals surface area contributed by atoms with E-state index in [1.807, 2.05) is 48.5 Å². The van der Waals surface area contributed by atoms with Gasteiger partial charge in [0.2, 0.25) is 0 Å². The van der Waals surface area contributed by atoms with E-state index in [-0.39, 0.29) is 11.6 Å². The van der Waals surface area contributed by atoms with E-state index in [9.17, 15) is 4.79 Å². The van der Waals surface area contributed by atoms with E-state index in [0.717, 1.165) is 5.56 Å². The number of hydrogen-bond donors (Lipinski definition) is 0. The highest BCUT2D eigenvalue weighted by molar-refractivity contribution is 5.76. The summed E-state index contributed by atoms with van der Waals surface area (Å²) in [6.07, 6.45) is 3.34. The molecule has 3 aromatic rings. The van der Waals surface area contributed by atoms with E-state index in [2.05, 4.69) is 11.6 Å². The van der Waals surface area contributed by atoms with Crippen LogP contribution in [0.2, 0.25) is 0 Å². The third kappa shape index (κ3) is 2.03. The maximum Gasteiger partial charge on any atom is 0.262 e. The van der Waals surface area contributed by atoms with Gasteiger partial charge in [-0.15, -0.1) is 6.58 Å². The van der Waals surface area contributed by atoms with Gasteiger partial charge in [0.15, 0.2) is 0 Å². The first-order valence-electron chi connectivity index (χ1n) is 6.44. The molecule has 20 heavy (non-hydrogen) atoms. The van der Waals surface area contributed by atoms with Crippen molar-refractivity contribution in [1.29, 1.82) is 0 Å². The van der Waals surface area contributed by atoms with Crippen LogP contribution in [0.3, 0.4) is 0 Å². The molecule has 0 radical (unpaired) electrons. The molecule has 0 N–H and O–H groups in total. The third-order valence-electron chi connectivity index (χ3n) is 3.35. The Bertz CT molecular complexity index is 806. The van der Waals surface area contributed by atoms with Crippen LogP contribution in [0.5, 0.6) is 0 Å². The molecule has 98 valence electrons. The smallest absolute Gasteiger partial charge is 0.262 e. The molecule has 0 saturated heterocycles. The van der Waals surface area contributed by atoms with Gasteiger partial charge in [0.1, 0.15) is 0 Å². The van der Waals surface area contributed by atoms with Crippen LogP contribution >= 0.6 is 0 Å². The average Bonchev–Trinajstić information content (AvgIpc) is 2.51. The third-order valence-corrected chi connectivity index (χ3v) is 3.35. The van der Waals surface area contributed by atoms with Gasteiger partial charge in [0, 0.05) is 0 Å². The van der Waals surface area contributed by atoms with Crippen molar-refractivity contribution >= 4 is 10.9 Å². The van der Waals surface area contributed by atoms with Crippen molar-refractivity contribution in [3.8, 4) is 0 Å². The number of aromatic nitrogens is 2. The molecule has 0 aliphatic heterocycles. The van der Waals surface area contributed by atoms with Gasteiger partial charge in [0.25, 0.3) is 5.56 Å². The van der Waals surface area contributed by atoms with Crippen molar-refractivity contribution in [3.63, 3.8) is 0 Å². The second kappa shape index (κ2) is 5.13. The molecule has 0 saturated carbocycles. The second-order valence-electron chi connectivity index (χ2n) is 4.57. The number of benzene rings is 2. The molecular formula is C17H14N2O. The maximum atomic E-state index is 12.6. The number of allylic oxidation sites excluding steroid dienone is 1. The molecule has 0 unspecified atom stereocenters. The summed E-state index contributed by atoms with van der Waals surface area (Å²) in [6, 6.07) is 17.0. The highest BCUT2D eigenvalue weighted by Crippen LogP contribution is 2.18. The Morgan fingerprint density at radius 3 is 2.50 bits per heavy atom. The molecule has 3 rings (SSSR count). The fourth-order valence-electron chi connectivity index (χ4n) is 2.34. The topological polar surface area (TPSA) is 34.9 Å². The standard InChI is InChI=1S/C17H14N2O/c1-2-16(13-8-4-3-5-9-13)19-12-18-15-11-7-6-10-14(15)17(19)20/h2-12,16H,1H2/t16-/m0/s1. The van der Waals surface area contributed by atoms with E-state index < -0.39 is 0 Å². The van der Waals surface area contributed by atoms with Gasteiger partial charge < -0.3 is 0 Å². The Hall–Kier alpha value is -2.68. The zero-order chi connectivity index (χ0) is 13.9. The van der Waals surface area contributed by atoms with Gasteiger partial charge in [-0.2, -0.15) is 0 Å². The van der Waals surface area contributed by atoms with Crippen LogP contribution in [-0.2, 0) is 0 Å². The van der Waals surface area contributed by atoms with Gasteiger partial charge in [0.05, 0.1) is 23.3 Å². The van der Waals surface area contributed by atoms with Crippen LogP contribution in [0.15, 0.2) is 78.4 Å². The van der Waals surface area contributed by atoms with Gasteiger partial charge >= 0.3 is 0 Å². The van der Waals surface area contributed by atoms with Crippen molar-refractivity contribution in [2.24, 2.45) is 0 Å². The van der Waals surface area contributed by atoms with E-state index in [1.54, 1.807) is 23.0 Å². The molecule has 3 nitrogen and oxygen atoms in total. The van der Waals surface area contributed by atoms with Crippen LogP contribution in [0.1, 0.15) is 11.6 Å². The summed E-state index contributed by atoms with van der Waals surface area (Å²) in [6.45, 7) is 3.85. The van der Waals surface area contributed by atoms with Gasteiger partial charge in [-0.05, 0) is 17.7 Å². The molecule has 0 aliphatic carbocycles. The Balaban J connectivity index is 2.21. The maximum absolute atomic E-state index is 12.6. The highest BCUT2D eigenvalue weighted by atomic mass is 16.1. The van der Waals surface area contributed by atoms with Crippen molar-refractivity contribution in [1.82, 2.24) is 9.55 Å². The summed E-state index contributed by atoms with van der Waals surface area (Å²) in [4.78, 5) is 16.9. The first-order valence-corrected chi connectivity index (χ1v) is 6.44. The average molecular weight is 262 g/mol. The lowest BCUT2D eigenvalue weighted by Gasteiger charge is -2.16. The molecule has 3 heteroatoms. The fourth-order valence-corrected chi connectivity index (χ4v) is 2.34. The Labute approximate surface area is 116 Å². The molecule has 0 aliphatic rings. The number of nitrogens with zero attached hydrogens (tertiary/aromatic N) is 2. The molecular weight excluding hydrogens is 248 g/mol. The zero-order valence-electron chi connectivity index (χ0n) is 10.9. The van der Waals surface area contributed by atoms with Crippen LogP contribution < -0.4 is 5.56 Å². The minimum absolute atomic E-state index is 0.0515. The molecule has 0 bridgehead atoms. The molecule has 0 amide bonds. The molecule has 0 fully saturated rings. The van der Waals surface area contributed by atoms with Crippen molar-refractivity contribution < 1.29 is 0 Å². The van der Waals surface area contributed by atoms with Crippen molar-refractivity contribution in [2.75, 3.05) is 0 Å². The first-order chi connectivity index (χ1) is 9.81. The fraction of sp³-hybridized carbons (Fsp3) is 0.0588. The Kier molecular flexibility index (Phi) is 3.17. The van der Waals surface area contributed by atoms with Crippen molar-refractivity contribution in [2.45, 2.75) is 6.04 Å². The molecule has 1 aromatic heterocycles. The summed E-state index contributed by atoms with van der Waals surface area (Å²) in [5.41, 5.74) is 1.68. The van der Waals surface area contributed by atoms with E-state index >= 15 is 0 Å². The number of fused-ring (bicyclic) bond motifs is 1. The number of para-hydroxylation sites is 1. The van der Waals surface area contributed by atoms with Crippen LogP contribution in [0.25, 0.3) is 10.9 Å². The monoisotopic (exact) mass is 262 g/mol. The van der Waals surface area contributed by atoms with E-state index in [1.165, 1.54) is 0 Å². The summed E-state index contributed by atoms with van der Waals surface area (Å²) in [5, 5.41) is 0.623. The van der Waals surface area contributed by atoms with Crippen LogP contribution in [0.4, 0.5) is 0 Å². The summed E-state index contributed by atoms with van der Waals surface area (Å²) in [7, 11) is 0. The lowest BCUT2D eigenvalue weighted by molar-refractivity contribution is 0.664. The summed E-state index contributed by atoms with van der Waals surface area (Å²) in [5.74, 6) is 0. The highest BCUT2D eigenvalue weighted by Gasteiger charge is 2.12. The van der Waals surface area contributed by atoms with E-state index in [4.69, 9.17) is 0 Å². The lowest BCUT2D eigenvalue weighted by Crippen LogP contribution is -2.24. The predicted molar refractivity (Wildman–Crippen MR) is 80.8 cm³/mol. The normalized spacial score (nSPS) is 12.2. The molecule has 1 atom stereocenters. The SMILES string of the molecule is C=C[C@@H](c1ccccc1)n1cnc2ccccc2c1=O. The van der Waals surface area contributed by atoms with Gasteiger partial charge in [-0.1, -0.05) is 48.5 Å². The lowest BCUT2D eigenvalue weighted by atomic mass is 10.1. The van der Waals surface area contributed by atoms with Crippen LogP contribution in [0, 0.1) is 0 Å². The number of rotatable bonds is 3. The molecule has 0 spiro atoms. The van der Waals surface area contributed by atoms with Gasteiger partial charge in [-0.3, -0.25) is 9.36 Å².